The summed E-state index contributed by atoms with van der Waals surface area (Å²) in [6.07, 6.45) is -1.64. The molecule has 5 heteroatoms. The lowest BCUT2D eigenvalue weighted by Crippen LogP contribution is -1.96. The standard InChI is InChI=1S/C6H3F3IN/c7-5(8)4-3(10)1-2-11-6(4)9/h1-2,5H. The molecular formula is C6H3F3IN. The number of halogens is 4. The molecule has 60 valence electrons. The molecule has 0 aromatic carbocycles. The highest BCUT2D eigenvalue weighted by atomic mass is 127. The molecular weight excluding hydrogens is 270 g/mol. The zero-order valence-electron chi connectivity index (χ0n) is 5.19. The molecule has 0 radical (unpaired) electrons. The van der Waals surface area contributed by atoms with Gasteiger partial charge >= 0.3 is 0 Å². The minimum Gasteiger partial charge on any atom is -0.228 e. The molecule has 1 rings (SSSR count). The molecule has 1 heterocycles. The van der Waals surface area contributed by atoms with Gasteiger partial charge in [-0.2, -0.15) is 4.39 Å². The Balaban J connectivity index is 3.21. The highest BCUT2D eigenvalue weighted by Gasteiger charge is 2.17. The summed E-state index contributed by atoms with van der Waals surface area (Å²) in [5.41, 5.74) is -0.617. The Morgan fingerprint density at radius 1 is 1.45 bits per heavy atom. The first kappa shape index (κ1) is 8.76. The van der Waals surface area contributed by atoms with E-state index in [9.17, 15) is 13.2 Å². The molecule has 0 fully saturated rings. The molecule has 0 amide bonds. The van der Waals surface area contributed by atoms with E-state index in [1.54, 1.807) is 22.6 Å². The van der Waals surface area contributed by atoms with Gasteiger partial charge in [-0.1, -0.05) is 0 Å². The number of hydrogen-bond acceptors (Lipinski definition) is 1. The molecule has 0 N–H and O–H groups in total. The van der Waals surface area contributed by atoms with Gasteiger partial charge in [0.05, 0.1) is 5.56 Å². The van der Waals surface area contributed by atoms with Crippen LogP contribution in [0.15, 0.2) is 12.3 Å². The van der Waals surface area contributed by atoms with E-state index in [0.29, 0.717) is 0 Å². The number of rotatable bonds is 1. The van der Waals surface area contributed by atoms with Crippen LogP contribution in [0.25, 0.3) is 0 Å². The monoisotopic (exact) mass is 273 g/mol. The molecule has 1 nitrogen and oxygen atoms in total. The second kappa shape index (κ2) is 3.38. The Bertz CT molecular complexity index is 244. The van der Waals surface area contributed by atoms with E-state index in [4.69, 9.17) is 0 Å². The van der Waals surface area contributed by atoms with Crippen LogP contribution in [0.1, 0.15) is 12.0 Å². The highest BCUT2D eigenvalue weighted by molar-refractivity contribution is 14.1. The van der Waals surface area contributed by atoms with Crippen molar-refractivity contribution in [2.45, 2.75) is 6.43 Å². The second-order valence-electron chi connectivity index (χ2n) is 1.80. The number of hydrogen-bond donors (Lipinski definition) is 0. The molecule has 0 unspecified atom stereocenters. The predicted octanol–water partition coefficient (Wildman–Crippen LogP) is 2.76. The molecule has 0 atom stereocenters. The third-order valence-electron chi connectivity index (χ3n) is 1.11. The van der Waals surface area contributed by atoms with Crippen LogP contribution in [0, 0.1) is 9.52 Å². The van der Waals surface area contributed by atoms with Gasteiger partial charge in [-0.05, 0) is 28.7 Å². The molecule has 0 spiro atoms. The van der Waals surface area contributed by atoms with Crippen LogP contribution in [0.3, 0.4) is 0 Å². The SMILES string of the molecule is Fc1nccc(I)c1C(F)F. The van der Waals surface area contributed by atoms with Crippen LogP contribution in [-0.2, 0) is 0 Å². The smallest absolute Gasteiger partial charge is 0.228 e. The summed E-state index contributed by atoms with van der Waals surface area (Å²) in [7, 11) is 0. The third-order valence-corrected chi connectivity index (χ3v) is 2.05. The van der Waals surface area contributed by atoms with E-state index in [1.165, 1.54) is 6.07 Å². The van der Waals surface area contributed by atoms with E-state index in [1.807, 2.05) is 0 Å². The van der Waals surface area contributed by atoms with E-state index in [-0.39, 0.29) is 3.57 Å². The van der Waals surface area contributed by atoms with E-state index in [0.717, 1.165) is 6.20 Å². The van der Waals surface area contributed by atoms with Crippen molar-refractivity contribution >= 4 is 22.6 Å². The minimum atomic E-state index is -2.80. The van der Waals surface area contributed by atoms with Gasteiger partial charge < -0.3 is 0 Å². The third kappa shape index (κ3) is 1.82. The van der Waals surface area contributed by atoms with Crippen LogP contribution < -0.4 is 0 Å². The Kier molecular flexibility index (Phi) is 2.69. The van der Waals surface area contributed by atoms with Crippen LogP contribution in [0.5, 0.6) is 0 Å². The van der Waals surface area contributed by atoms with Crippen LogP contribution in [0.2, 0.25) is 0 Å². The number of pyridine rings is 1. The topological polar surface area (TPSA) is 12.9 Å². The normalized spacial score (nSPS) is 10.6. The van der Waals surface area contributed by atoms with Gasteiger partial charge in [0.2, 0.25) is 5.95 Å². The average Bonchev–Trinajstić information content (AvgIpc) is 1.85. The van der Waals surface area contributed by atoms with E-state index in [2.05, 4.69) is 4.98 Å². The quantitative estimate of drug-likeness (QED) is 0.566. The molecule has 0 aliphatic rings. The Morgan fingerprint density at radius 3 is 2.45 bits per heavy atom. The lowest BCUT2D eigenvalue weighted by molar-refractivity contribution is 0.144. The van der Waals surface area contributed by atoms with E-state index < -0.39 is 17.9 Å². The number of alkyl halides is 2. The molecule has 1 aromatic heterocycles. The van der Waals surface area contributed by atoms with Gasteiger partial charge in [-0.15, -0.1) is 0 Å². The van der Waals surface area contributed by atoms with Crippen molar-refractivity contribution in [1.29, 1.82) is 0 Å². The number of aromatic nitrogens is 1. The molecule has 0 saturated heterocycles. The van der Waals surface area contributed by atoms with Crippen molar-refractivity contribution in [1.82, 2.24) is 4.98 Å². The van der Waals surface area contributed by atoms with Crippen molar-refractivity contribution in [3.05, 3.63) is 27.3 Å². The van der Waals surface area contributed by atoms with Crippen molar-refractivity contribution in [3.63, 3.8) is 0 Å². The minimum absolute atomic E-state index is 0.199. The lowest BCUT2D eigenvalue weighted by Gasteiger charge is -2.01. The molecule has 0 bridgehead atoms. The van der Waals surface area contributed by atoms with Crippen molar-refractivity contribution in [3.8, 4) is 0 Å². The zero-order chi connectivity index (χ0) is 8.43. The van der Waals surface area contributed by atoms with Gasteiger partial charge in [-0.3, -0.25) is 0 Å². The predicted molar refractivity (Wildman–Crippen MR) is 41.9 cm³/mol. The van der Waals surface area contributed by atoms with Crippen molar-refractivity contribution < 1.29 is 13.2 Å². The first-order valence-electron chi connectivity index (χ1n) is 2.71. The fraction of sp³-hybridized carbons (Fsp3) is 0.167. The summed E-state index contributed by atoms with van der Waals surface area (Å²) in [5, 5.41) is 0. The molecule has 1 aromatic rings. The highest BCUT2D eigenvalue weighted by Crippen LogP contribution is 2.25. The summed E-state index contributed by atoms with van der Waals surface area (Å²) >= 11 is 1.64. The largest absolute Gasteiger partial charge is 0.269 e. The first-order valence-corrected chi connectivity index (χ1v) is 3.79. The summed E-state index contributed by atoms with van der Waals surface area (Å²) in [4.78, 5) is 3.11. The van der Waals surface area contributed by atoms with Crippen LogP contribution >= 0.6 is 22.6 Å². The molecule has 0 aliphatic carbocycles. The Labute approximate surface area is 74.8 Å². The fourth-order valence-electron chi connectivity index (χ4n) is 0.620. The van der Waals surface area contributed by atoms with Crippen molar-refractivity contribution in [2.75, 3.05) is 0 Å². The van der Waals surface area contributed by atoms with Gasteiger partial charge in [0.1, 0.15) is 0 Å². The average molecular weight is 273 g/mol. The number of nitrogens with zero attached hydrogens (tertiary/aromatic N) is 1. The van der Waals surface area contributed by atoms with Crippen molar-refractivity contribution in [2.24, 2.45) is 0 Å². The van der Waals surface area contributed by atoms with Gasteiger partial charge in [0, 0.05) is 9.77 Å². The van der Waals surface area contributed by atoms with Gasteiger partial charge in [0.15, 0.2) is 0 Å². The Morgan fingerprint density at radius 2 is 2.09 bits per heavy atom. The summed E-state index contributed by atoms with van der Waals surface area (Å²) in [6.45, 7) is 0. The fourth-order valence-corrected chi connectivity index (χ4v) is 1.24. The van der Waals surface area contributed by atoms with Gasteiger partial charge in [-0.25, -0.2) is 13.8 Å². The summed E-state index contributed by atoms with van der Waals surface area (Å²) in [5.74, 6) is -1.09. The second-order valence-corrected chi connectivity index (χ2v) is 2.96. The Hall–Kier alpha value is -0.330. The first-order chi connectivity index (χ1) is 5.13. The maximum Gasteiger partial charge on any atom is 0.269 e. The van der Waals surface area contributed by atoms with Crippen LogP contribution in [-0.4, -0.2) is 4.98 Å². The van der Waals surface area contributed by atoms with Crippen LogP contribution in [0.4, 0.5) is 13.2 Å². The maximum atomic E-state index is 12.5. The molecule has 11 heavy (non-hydrogen) atoms. The molecule has 0 aliphatic heterocycles. The summed E-state index contributed by atoms with van der Waals surface area (Å²) < 4.78 is 36.7. The zero-order valence-corrected chi connectivity index (χ0v) is 7.35. The maximum absolute atomic E-state index is 12.5. The van der Waals surface area contributed by atoms with E-state index >= 15 is 0 Å². The summed E-state index contributed by atoms with van der Waals surface area (Å²) in [6, 6.07) is 1.34. The molecule has 0 saturated carbocycles. The van der Waals surface area contributed by atoms with Gasteiger partial charge in [0.25, 0.3) is 6.43 Å². The lowest BCUT2D eigenvalue weighted by atomic mass is 10.3.